The molecule has 0 bridgehead atoms. The summed E-state index contributed by atoms with van der Waals surface area (Å²) in [6.07, 6.45) is 0.761. The summed E-state index contributed by atoms with van der Waals surface area (Å²) in [4.78, 5) is 0. The molecule has 0 aromatic carbocycles. The Morgan fingerprint density at radius 1 is 1.38 bits per heavy atom. The first-order valence-electron chi connectivity index (χ1n) is 5.65. The molecule has 1 aliphatic rings. The van der Waals surface area contributed by atoms with Crippen LogP contribution >= 0.6 is 0 Å². The van der Waals surface area contributed by atoms with Crippen LogP contribution in [0.4, 0.5) is 0 Å². The van der Waals surface area contributed by atoms with E-state index in [2.05, 4.69) is 27.7 Å². The van der Waals surface area contributed by atoms with Crippen molar-refractivity contribution in [1.82, 2.24) is 0 Å². The van der Waals surface area contributed by atoms with Crippen molar-refractivity contribution in [1.29, 1.82) is 0 Å². The lowest BCUT2D eigenvalue weighted by molar-refractivity contribution is 0.0224. The average molecular weight is 227 g/mol. The first kappa shape index (κ1) is 14.0. The van der Waals surface area contributed by atoms with Crippen LogP contribution in [0.1, 0.15) is 27.7 Å². The van der Waals surface area contributed by atoms with Crippen molar-refractivity contribution in [3.05, 3.63) is 0 Å². The fourth-order valence-electron chi connectivity index (χ4n) is 1.62. The first-order chi connectivity index (χ1) is 7.35. The monoisotopic (exact) mass is 227 g/mol. The Balaban J connectivity index is 2.32. The summed E-state index contributed by atoms with van der Waals surface area (Å²) in [5, 5.41) is 8.49. The lowest BCUT2D eigenvalue weighted by atomic mass is 9.68. The molecular weight excluding hydrogens is 206 g/mol. The topological polar surface area (TPSA) is 47.9 Å². The van der Waals surface area contributed by atoms with E-state index in [1.54, 1.807) is 0 Å². The van der Waals surface area contributed by atoms with Gasteiger partial charge >= 0.3 is 14.8 Å². The van der Waals surface area contributed by atoms with Gasteiger partial charge in [-0.3, -0.25) is 0 Å². The van der Waals surface area contributed by atoms with Gasteiger partial charge < -0.3 is 19.0 Å². The summed E-state index contributed by atoms with van der Waals surface area (Å²) in [6.45, 7) is 10.3. The smallest absolute Gasteiger partial charge is 0.429 e. The Kier molecular flexibility index (Phi) is 4.86. The molecule has 0 unspecified atom stereocenters. The summed E-state index contributed by atoms with van der Waals surface area (Å²) in [5.41, 5.74) is 0.0292. The van der Waals surface area contributed by atoms with Gasteiger partial charge in [-0.2, -0.15) is 0 Å². The summed E-state index contributed by atoms with van der Waals surface area (Å²) < 4.78 is 16.2. The molecule has 0 aromatic heterocycles. The molecule has 1 saturated heterocycles. The Morgan fingerprint density at radius 3 is 2.44 bits per heavy atom. The van der Waals surface area contributed by atoms with Crippen molar-refractivity contribution < 1.29 is 19.0 Å². The highest BCUT2D eigenvalue weighted by Crippen LogP contribution is 2.29. The van der Waals surface area contributed by atoms with E-state index in [9.17, 15) is 0 Å². The number of hydrogen-bond acceptors (Lipinski definition) is 4. The van der Waals surface area contributed by atoms with Gasteiger partial charge in [-0.25, -0.2) is 0 Å². The molecule has 0 aliphatic carbocycles. The van der Waals surface area contributed by atoms with E-state index in [1.165, 1.54) is 0 Å². The zero-order valence-electron chi connectivity index (χ0n) is 10.7. The van der Waals surface area contributed by atoms with Crippen molar-refractivity contribution >= 4 is 14.8 Å². The second-order valence-electron chi connectivity index (χ2n) is 6.00. The fourth-order valence-corrected chi connectivity index (χ4v) is 1.62. The highest BCUT2D eigenvalue weighted by Gasteiger charge is 2.36. The number of rotatable bonds is 5. The first-order valence-corrected chi connectivity index (χ1v) is 5.65. The predicted octanol–water partition coefficient (Wildman–Crippen LogP) is 1.12. The molecule has 0 spiro atoms. The van der Waals surface area contributed by atoms with Crippen molar-refractivity contribution in [3.63, 3.8) is 0 Å². The molecule has 16 heavy (non-hydrogen) atoms. The van der Waals surface area contributed by atoms with Crippen molar-refractivity contribution in [2.45, 2.75) is 34.0 Å². The van der Waals surface area contributed by atoms with Gasteiger partial charge in [0.2, 0.25) is 0 Å². The Labute approximate surface area is 99.1 Å². The molecular formula is C10H21B2O4. The maximum atomic E-state index is 8.49. The predicted molar refractivity (Wildman–Crippen MR) is 64.0 cm³/mol. The molecule has 1 rings (SSSR count). The molecule has 1 fully saturated rings. The SMILES string of the molecule is CC1(C)COB(CC(C)(C)CO[B]O)OC1. The van der Waals surface area contributed by atoms with Gasteiger partial charge in [0.15, 0.2) is 0 Å². The van der Waals surface area contributed by atoms with Gasteiger partial charge in [-0.1, -0.05) is 27.7 Å². The molecule has 1 heterocycles. The molecule has 6 heteroatoms. The summed E-state index contributed by atoms with van der Waals surface area (Å²) in [5.74, 6) is 0. The fraction of sp³-hybridized carbons (Fsp3) is 1.00. The zero-order valence-corrected chi connectivity index (χ0v) is 10.7. The standard InChI is InChI=1S/C10H21B2O4/c1-9(2,6-14-11-13)5-12-15-7-10(3,4)8-16-12/h13H,5-8H2,1-4H3. The van der Waals surface area contributed by atoms with Crippen LogP contribution in [0.2, 0.25) is 6.32 Å². The van der Waals surface area contributed by atoms with E-state index in [0.29, 0.717) is 6.61 Å². The molecule has 91 valence electrons. The molecule has 1 aliphatic heterocycles. The van der Waals surface area contributed by atoms with Gasteiger partial charge in [0.05, 0.1) is 0 Å². The minimum Gasteiger partial charge on any atom is -0.429 e. The highest BCUT2D eigenvalue weighted by atomic mass is 16.6. The van der Waals surface area contributed by atoms with Gasteiger partial charge in [-0.15, -0.1) is 0 Å². The highest BCUT2D eigenvalue weighted by molar-refractivity contribution is 6.44. The van der Waals surface area contributed by atoms with Crippen LogP contribution in [0, 0.1) is 10.8 Å². The molecule has 0 saturated carbocycles. The second-order valence-corrected chi connectivity index (χ2v) is 6.00. The van der Waals surface area contributed by atoms with Gasteiger partial charge in [0, 0.05) is 25.2 Å². The number of hydrogen-bond donors (Lipinski definition) is 1. The van der Waals surface area contributed by atoms with E-state index < -0.39 is 0 Å². The van der Waals surface area contributed by atoms with Crippen LogP contribution in [0.5, 0.6) is 0 Å². The molecule has 0 amide bonds. The van der Waals surface area contributed by atoms with E-state index in [-0.39, 0.29) is 17.9 Å². The molecule has 4 nitrogen and oxygen atoms in total. The third-order valence-corrected chi connectivity index (χ3v) is 2.59. The Morgan fingerprint density at radius 2 is 1.94 bits per heavy atom. The van der Waals surface area contributed by atoms with Crippen LogP contribution in [-0.4, -0.2) is 39.6 Å². The molecule has 1 radical (unpaired) electrons. The van der Waals surface area contributed by atoms with Crippen molar-refractivity contribution in [2.75, 3.05) is 19.8 Å². The minimum atomic E-state index is -0.162. The maximum Gasteiger partial charge on any atom is 0.485 e. The van der Waals surface area contributed by atoms with Crippen molar-refractivity contribution in [3.8, 4) is 0 Å². The Bertz CT molecular complexity index is 211. The largest absolute Gasteiger partial charge is 0.485 e. The van der Waals surface area contributed by atoms with E-state index in [4.69, 9.17) is 19.0 Å². The van der Waals surface area contributed by atoms with Crippen LogP contribution in [0.25, 0.3) is 0 Å². The Hall–Kier alpha value is -0.0301. The normalized spacial score (nSPS) is 20.9. The van der Waals surface area contributed by atoms with Crippen LogP contribution in [0.15, 0.2) is 0 Å². The van der Waals surface area contributed by atoms with Crippen LogP contribution < -0.4 is 0 Å². The molecule has 1 N–H and O–H groups in total. The quantitative estimate of drug-likeness (QED) is 0.714. The third kappa shape index (κ3) is 4.87. The summed E-state index contributed by atoms with van der Waals surface area (Å²) >= 11 is 0. The van der Waals surface area contributed by atoms with Gasteiger partial charge in [0.25, 0.3) is 0 Å². The summed E-state index contributed by atoms with van der Waals surface area (Å²) in [6, 6.07) is 0. The van der Waals surface area contributed by atoms with Crippen molar-refractivity contribution in [2.24, 2.45) is 10.8 Å². The summed E-state index contributed by atoms with van der Waals surface area (Å²) in [7, 11) is 0.568. The molecule has 0 atom stereocenters. The lowest BCUT2D eigenvalue weighted by Gasteiger charge is -2.36. The van der Waals surface area contributed by atoms with E-state index in [1.807, 2.05) is 0 Å². The van der Waals surface area contributed by atoms with Crippen LogP contribution in [-0.2, 0) is 14.0 Å². The minimum absolute atomic E-state index is 0.0780. The van der Waals surface area contributed by atoms with E-state index >= 15 is 0 Å². The van der Waals surface area contributed by atoms with Gasteiger partial charge in [-0.05, 0) is 11.7 Å². The molecule has 0 aromatic rings. The average Bonchev–Trinajstić information content (AvgIpc) is 2.18. The van der Waals surface area contributed by atoms with E-state index in [0.717, 1.165) is 27.2 Å². The zero-order chi connectivity index (χ0) is 12.2. The van der Waals surface area contributed by atoms with Gasteiger partial charge in [0.1, 0.15) is 0 Å². The second kappa shape index (κ2) is 5.54. The van der Waals surface area contributed by atoms with Crippen LogP contribution in [0.3, 0.4) is 0 Å². The lowest BCUT2D eigenvalue weighted by Crippen LogP contribution is -2.43. The maximum absolute atomic E-state index is 8.49. The third-order valence-electron chi connectivity index (χ3n) is 2.59.